The molecule has 2 heterocycles. The molecule has 1 unspecified atom stereocenters. The topological polar surface area (TPSA) is 15.7 Å². The molecule has 0 spiro atoms. The lowest BCUT2D eigenvalue weighted by molar-refractivity contribution is 0.248. The van der Waals surface area contributed by atoms with Crippen molar-refractivity contribution in [1.82, 2.24) is 4.90 Å². The van der Waals surface area contributed by atoms with E-state index in [0.717, 1.165) is 37.8 Å². The zero-order valence-corrected chi connectivity index (χ0v) is 18.3. The van der Waals surface area contributed by atoms with Crippen LogP contribution in [0.1, 0.15) is 5.56 Å². The van der Waals surface area contributed by atoms with Crippen LogP contribution in [-0.2, 0) is 11.3 Å². The van der Waals surface area contributed by atoms with Crippen molar-refractivity contribution in [3.8, 4) is 0 Å². The molecule has 4 heteroatoms. The monoisotopic (exact) mass is 416 g/mol. The van der Waals surface area contributed by atoms with Crippen LogP contribution in [0.3, 0.4) is 0 Å². The lowest BCUT2D eigenvalue weighted by Gasteiger charge is -2.37. The first-order valence-electron chi connectivity index (χ1n) is 10.6. The number of allylic oxidation sites excluding steroid dienone is 2. The van der Waals surface area contributed by atoms with E-state index in [1.54, 1.807) is 7.11 Å². The molecule has 30 heavy (non-hydrogen) atoms. The first kappa shape index (κ1) is 19.3. The normalized spacial score (nSPS) is 20.5. The predicted molar refractivity (Wildman–Crippen MR) is 129 cm³/mol. The Kier molecular flexibility index (Phi) is 5.52. The van der Waals surface area contributed by atoms with Gasteiger partial charge < -0.3 is 9.64 Å². The number of nitrogens with zero attached hydrogens (tertiary/aromatic N) is 2. The minimum atomic E-state index is -0.495. The van der Waals surface area contributed by atoms with Crippen molar-refractivity contribution in [2.24, 2.45) is 0 Å². The Morgan fingerprint density at radius 3 is 2.50 bits per heavy atom. The van der Waals surface area contributed by atoms with Gasteiger partial charge in [-0.05, 0) is 34.6 Å². The maximum atomic E-state index is 5.63. The first-order chi connectivity index (χ1) is 14.8. The molecule has 2 aliphatic heterocycles. The molecular formula is C26H28N2OS. The Morgan fingerprint density at radius 2 is 1.63 bits per heavy atom. The largest absolute Gasteiger partial charge is 0.492 e. The summed E-state index contributed by atoms with van der Waals surface area (Å²) >= 11 is 0. The number of hydrogen-bond acceptors (Lipinski definition) is 3. The Hall–Kier alpha value is -2.69. The molecule has 154 valence electrons. The summed E-state index contributed by atoms with van der Waals surface area (Å²) in [4.78, 5) is 6.55. The second-order valence-corrected chi connectivity index (χ2v) is 9.77. The highest BCUT2D eigenvalue weighted by Gasteiger charge is 2.21. The van der Waals surface area contributed by atoms with Crippen LogP contribution in [-0.4, -0.2) is 38.2 Å². The molecule has 1 saturated heterocycles. The molecule has 2 aliphatic rings. The van der Waals surface area contributed by atoms with Crippen molar-refractivity contribution in [3.63, 3.8) is 0 Å². The van der Waals surface area contributed by atoms with Gasteiger partial charge in [-0.2, -0.15) is 0 Å². The van der Waals surface area contributed by atoms with Gasteiger partial charge in [0.05, 0.1) is 7.11 Å². The molecule has 0 N–H and O–H groups in total. The average Bonchev–Trinajstić information content (AvgIpc) is 3.28. The molecule has 0 bridgehead atoms. The summed E-state index contributed by atoms with van der Waals surface area (Å²) in [5.41, 5.74) is 2.79. The van der Waals surface area contributed by atoms with Crippen molar-refractivity contribution >= 4 is 27.4 Å². The summed E-state index contributed by atoms with van der Waals surface area (Å²) in [5, 5.41) is 6.07. The lowest BCUT2D eigenvalue weighted by Crippen LogP contribution is -2.46. The van der Waals surface area contributed by atoms with Gasteiger partial charge in [-0.25, -0.2) is 0 Å². The van der Waals surface area contributed by atoms with E-state index in [2.05, 4.69) is 94.1 Å². The van der Waals surface area contributed by atoms with E-state index in [0.29, 0.717) is 0 Å². The number of hydrogen-bond donors (Lipinski definition) is 1. The van der Waals surface area contributed by atoms with Gasteiger partial charge in [0, 0.05) is 48.7 Å². The molecule has 0 radical (unpaired) electrons. The molecule has 0 aliphatic carbocycles. The van der Waals surface area contributed by atoms with E-state index < -0.39 is 10.9 Å². The van der Waals surface area contributed by atoms with Crippen LogP contribution in [0, 0.1) is 0 Å². The Bertz CT molecular complexity index is 1090. The Morgan fingerprint density at radius 1 is 0.867 bits per heavy atom. The van der Waals surface area contributed by atoms with Crippen LogP contribution in [0.2, 0.25) is 0 Å². The quantitative estimate of drug-likeness (QED) is 0.550. The van der Waals surface area contributed by atoms with Crippen molar-refractivity contribution in [1.29, 1.82) is 0 Å². The molecular weight excluding hydrogens is 388 g/mol. The first-order valence-corrected chi connectivity index (χ1v) is 12.0. The number of thiol groups is 1. The summed E-state index contributed by atoms with van der Waals surface area (Å²) < 4.78 is 5.63. The number of benzene rings is 3. The second kappa shape index (κ2) is 8.58. The molecule has 3 aromatic carbocycles. The van der Waals surface area contributed by atoms with Gasteiger partial charge >= 0.3 is 0 Å². The van der Waals surface area contributed by atoms with Crippen molar-refractivity contribution in [3.05, 3.63) is 94.9 Å². The van der Waals surface area contributed by atoms with E-state index in [9.17, 15) is 0 Å². The number of piperazine rings is 1. The van der Waals surface area contributed by atoms with E-state index in [1.165, 1.54) is 26.9 Å². The summed E-state index contributed by atoms with van der Waals surface area (Å²) in [5.74, 6) is 0. The number of rotatable bonds is 5. The second-order valence-electron chi connectivity index (χ2n) is 7.81. The van der Waals surface area contributed by atoms with Crippen LogP contribution < -0.4 is 4.90 Å². The summed E-state index contributed by atoms with van der Waals surface area (Å²) in [6, 6.07) is 24.2. The number of anilines is 1. The van der Waals surface area contributed by atoms with E-state index >= 15 is 0 Å². The highest BCUT2D eigenvalue weighted by atomic mass is 32.2. The van der Waals surface area contributed by atoms with E-state index in [-0.39, 0.29) is 0 Å². The summed E-state index contributed by atoms with van der Waals surface area (Å²) in [7, 11) is 1.29. The standard InChI is InChI=1S/C26H28N2OS/c1-29-26-14-7-19-30(26)25-13-5-3-9-22(25)20-27-15-17-28(18-16-27)24-12-6-10-21-8-2-4-11-23(21)24/h2-14,19,30H,15-18,20H2,1H3. The molecule has 3 aromatic rings. The molecule has 3 nitrogen and oxygen atoms in total. The van der Waals surface area contributed by atoms with Crippen LogP contribution in [0.15, 0.2) is 94.3 Å². The summed E-state index contributed by atoms with van der Waals surface area (Å²) in [6.45, 7) is 5.29. The van der Waals surface area contributed by atoms with Crippen molar-refractivity contribution < 1.29 is 4.74 Å². The third-order valence-electron chi connectivity index (χ3n) is 6.05. The maximum absolute atomic E-state index is 5.63. The SMILES string of the molecule is COC1=CC=C[SH]1c1ccccc1CN1CCN(c2cccc3ccccc23)CC1. The zero-order chi connectivity index (χ0) is 20.3. The summed E-state index contributed by atoms with van der Waals surface area (Å²) in [6.07, 6.45) is 4.23. The minimum absolute atomic E-state index is 0.495. The Labute approximate surface area is 181 Å². The minimum Gasteiger partial charge on any atom is -0.492 e. The molecule has 5 rings (SSSR count). The fraction of sp³-hybridized carbons (Fsp3) is 0.231. The van der Waals surface area contributed by atoms with Crippen LogP contribution in [0.5, 0.6) is 0 Å². The number of methoxy groups -OCH3 is 1. The van der Waals surface area contributed by atoms with Gasteiger partial charge in [-0.1, -0.05) is 60.7 Å². The fourth-order valence-corrected chi connectivity index (χ4v) is 6.43. The molecule has 0 saturated carbocycles. The van der Waals surface area contributed by atoms with Gasteiger partial charge in [0.2, 0.25) is 0 Å². The van der Waals surface area contributed by atoms with E-state index in [4.69, 9.17) is 4.74 Å². The third kappa shape index (κ3) is 3.73. The molecule has 0 aromatic heterocycles. The third-order valence-corrected chi connectivity index (χ3v) is 8.28. The van der Waals surface area contributed by atoms with Crippen LogP contribution in [0.25, 0.3) is 10.8 Å². The smallest absolute Gasteiger partial charge is 0.140 e. The fourth-order valence-electron chi connectivity index (χ4n) is 4.48. The maximum Gasteiger partial charge on any atom is 0.140 e. The van der Waals surface area contributed by atoms with Crippen LogP contribution >= 0.6 is 10.9 Å². The number of fused-ring (bicyclic) bond motifs is 1. The predicted octanol–water partition coefficient (Wildman–Crippen LogP) is 5.54. The van der Waals surface area contributed by atoms with Crippen LogP contribution in [0.4, 0.5) is 5.69 Å². The van der Waals surface area contributed by atoms with Crippen molar-refractivity contribution in [2.75, 3.05) is 38.2 Å². The van der Waals surface area contributed by atoms with Gasteiger partial charge in [0.1, 0.15) is 5.09 Å². The average molecular weight is 417 g/mol. The zero-order valence-electron chi connectivity index (χ0n) is 17.4. The highest BCUT2D eigenvalue weighted by molar-refractivity contribution is 8.23. The van der Waals surface area contributed by atoms with Gasteiger partial charge in [-0.3, -0.25) is 4.90 Å². The van der Waals surface area contributed by atoms with Crippen molar-refractivity contribution in [2.45, 2.75) is 11.4 Å². The molecule has 0 amide bonds. The number of ether oxygens (including phenoxy) is 1. The lowest BCUT2D eigenvalue weighted by atomic mass is 10.1. The van der Waals surface area contributed by atoms with Gasteiger partial charge in [-0.15, -0.1) is 10.9 Å². The highest BCUT2D eigenvalue weighted by Crippen LogP contribution is 2.50. The Balaban J connectivity index is 1.30. The van der Waals surface area contributed by atoms with E-state index in [1.807, 2.05) is 0 Å². The molecule has 1 atom stereocenters. The van der Waals surface area contributed by atoms with Gasteiger partial charge in [0.25, 0.3) is 0 Å². The van der Waals surface area contributed by atoms with Gasteiger partial charge in [0.15, 0.2) is 0 Å². The molecule has 1 fully saturated rings.